The highest BCUT2D eigenvalue weighted by Crippen LogP contribution is 2.51. The number of hydrogen-bond donors (Lipinski definition) is 1. The SMILES string of the molecule is Cc1cc(Br)cc(C2(C#N)CC2)c1O. The highest BCUT2D eigenvalue weighted by Gasteiger charge is 2.47. The Morgan fingerprint density at radius 1 is 1.50 bits per heavy atom. The zero-order valence-corrected chi connectivity index (χ0v) is 9.43. The molecule has 0 amide bonds. The number of phenols is 1. The van der Waals surface area contributed by atoms with E-state index in [4.69, 9.17) is 5.26 Å². The molecule has 3 heteroatoms. The summed E-state index contributed by atoms with van der Waals surface area (Å²) >= 11 is 3.38. The first-order valence-corrected chi connectivity index (χ1v) is 5.29. The molecule has 0 spiro atoms. The van der Waals surface area contributed by atoms with Crippen molar-refractivity contribution in [2.75, 3.05) is 0 Å². The van der Waals surface area contributed by atoms with Gasteiger partial charge in [-0.25, -0.2) is 0 Å². The molecule has 1 saturated carbocycles. The minimum atomic E-state index is -0.418. The summed E-state index contributed by atoms with van der Waals surface area (Å²) in [5.74, 6) is 0.271. The molecule has 2 nitrogen and oxygen atoms in total. The van der Waals surface area contributed by atoms with Crippen LogP contribution in [-0.4, -0.2) is 5.11 Å². The predicted octanol–water partition coefficient (Wildman–Crippen LogP) is 3.02. The van der Waals surface area contributed by atoms with Crippen molar-refractivity contribution in [3.63, 3.8) is 0 Å². The van der Waals surface area contributed by atoms with E-state index in [1.807, 2.05) is 19.1 Å². The number of phenolic OH excluding ortho intramolecular Hbond substituents is 1. The average molecular weight is 252 g/mol. The monoisotopic (exact) mass is 251 g/mol. The van der Waals surface area contributed by atoms with E-state index in [1.54, 1.807) is 0 Å². The Morgan fingerprint density at radius 3 is 2.64 bits per heavy atom. The van der Waals surface area contributed by atoms with E-state index in [2.05, 4.69) is 22.0 Å². The molecule has 0 heterocycles. The molecule has 1 aliphatic rings. The first-order chi connectivity index (χ1) is 6.59. The maximum absolute atomic E-state index is 9.86. The smallest absolute Gasteiger partial charge is 0.123 e. The molecule has 14 heavy (non-hydrogen) atoms. The van der Waals surface area contributed by atoms with E-state index in [0.717, 1.165) is 28.4 Å². The molecule has 0 aromatic heterocycles. The number of halogens is 1. The zero-order valence-electron chi connectivity index (χ0n) is 7.84. The van der Waals surface area contributed by atoms with Gasteiger partial charge in [0.15, 0.2) is 0 Å². The molecule has 1 fully saturated rings. The number of aromatic hydroxyl groups is 1. The van der Waals surface area contributed by atoms with E-state index in [0.29, 0.717) is 0 Å². The summed E-state index contributed by atoms with van der Waals surface area (Å²) in [5.41, 5.74) is 1.17. The van der Waals surface area contributed by atoms with Gasteiger partial charge in [0.05, 0.1) is 11.5 Å². The Kier molecular flexibility index (Phi) is 2.04. The van der Waals surface area contributed by atoms with Gasteiger partial charge in [0.25, 0.3) is 0 Å². The predicted molar refractivity (Wildman–Crippen MR) is 57.1 cm³/mol. The molecule has 1 aliphatic carbocycles. The van der Waals surface area contributed by atoms with E-state index in [-0.39, 0.29) is 5.75 Å². The van der Waals surface area contributed by atoms with Crippen molar-refractivity contribution in [2.24, 2.45) is 0 Å². The van der Waals surface area contributed by atoms with Crippen LogP contribution in [0.2, 0.25) is 0 Å². The Bertz CT molecular complexity index is 430. The van der Waals surface area contributed by atoms with Gasteiger partial charge in [0, 0.05) is 10.0 Å². The second-order valence-corrected chi connectivity index (χ2v) is 4.73. The van der Waals surface area contributed by atoms with Gasteiger partial charge in [-0.3, -0.25) is 0 Å². The van der Waals surface area contributed by atoms with Crippen LogP contribution in [0, 0.1) is 18.3 Å². The number of benzene rings is 1. The quantitative estimate of drug-likeness (QED) is 0.834. The topological polar surface area (TPSA) is 44.0 Å². The van der Waals surface area contributed by atoms with Gasteiger partial charge in [-0.2, -0.15) is 5.26 Å². The number of rotatable bonds is 1. The summed E-state index contributed by atoms with van der Waals surface area (Å²) in [6.07, 6.45) is 1.71. The Hall–Kier alpha value is -1.01. The number of nitrogens with zero attached hydrogens (tertiary/aromatic N) is 1. The van der Waals surface area contributed by atoms with E-state index >= 15 is 0 Å². The van der Waals surface area contributed by atoms with Crippen molar-refractivity contribution in [1.29, 1.82) is 5.26 Å². The van der Waals surface area contributed by atoms with Gasteiger partial charge in [0.1, 0.15) is 5.75 Å². The van der Waals surface area contributed by atoms with Crippen molar-refractivity contribution in [3.8, 4) is 11.8 Å². The molecule has 0 saturated heterocycles. The van der Waals surface area contributed by atoms with Crippen molar-refractivity contribution in [3.05, 3.63) is 27.7 Å². The van der Waals surface area contributed by atoms with Gasteiger partial charge in [-0.05, 0) is 37.5 Å². The zero-order chi connectivity index (χ0) is 10.3. The lowest BCUT2D eigenvalue weighted by atomic mass is 9.95. The average Bonchev–Trinajstić information content (AvgIpc) is 2.92. The molecule has 1 N–H and O–H groups in total. The lowest BCUT2D eigenvalue weighted by Gasteiger charge is -2.11. The molecule has 0 atom stereocenters. The molecular weight excluding hydrogens is 242 g/mol. The molecule has 2 rings (SSSR count). The highest BCUT2D eigenvalue weighted by atomic mass is 79.9. The van der Waals surface area contributed by atoms with Crippen LogP contribution in [0.4, 0.5) is 0 Å². The molecule has 0 unspecified atom stereocenters. The van der Waals surface area contributed by atoms with Gasteiger partial charge >= 0.3 is 0 Å². The maximum Gasteiger partial charge on any atom is 0.123 e. The first-order valence-electron chi connectivity index (χ1n) is 4.50. The van der Waals surface area contributed by atoms with E-state index < -0.39 is 5.41 Å². The third-order valence-electron chi connectivity index (χ3n) is 2.74. The van der Waals surface area contributed by atoms with Crippen molar-refractivity contribution >= 4 is 15.9 Å². The summed E-state index contributed by atoms with van der Waals surface area (Å²) in [6.45, 7) is 1.84. The van der Waals surface area contributed by atoms with Gasteiger partial charge in [-0.1, -0.05) is 15.9 Å². The number of nitriles is 1. The van der Waals surface area contributed by atoms with Crippen LogP contribution in [0.1, 0.15) is 24.0 Å². The fourth-order valence-electron chi connectivity index (χ4n) is 1.67. The molecule has 1 aromatic carbocycles. The summed E-state index contributed by atoms with van der Waals surface area (Å²) < 4.78 is 0.921. The van der Waals surface area contributed by atoms with E-state index in [1.165, 1.54) is 0 Å². The summed E-state index contributed by atoms with van der Waals surface area (Å²) in [7, 11) is 0. The van der Waals surface area contributed by atoms with Crippen LogP contribution in [0.15, 0.2) is 16.6 Å². The summed E-state index contributed by atoms with van der Waals surface area (Å²) in [4.78, 5) is 0. The second kappa shape index (κ2) is 2.99. The molecule has 0 aliphatic heterocycles. The van der Waals surface area contributed by atoms with Crippen LogP contribution in [0.25, 0.3) is 0 Å². The van der Waals surface area contributed by atoms with Gasteiger partial charge < -0.3 is 5.11 Å². The number of hydrogen-bond acceptors (Lipinski definition) is 2. The van der Waals surface area contributed by atoms with Crippen molar-refractivity contribution in [1.82, 2.24) is 0 Å². The molecule has 0 radical (unpaired) electrons. The normalized spacial score (nSPS) is 17.5. The van der Waals surface area contributed by atoms with Gasteiger partial charge in [0.2, 0.25) is 0 Å². The highest BCUT2D eigenvalue weighted by molar-refractivity contribution is 9.10. The standard InChI is InChI=1S/C11H10BrNO/c1-7-4-8(12)5-9(10(7)14)11(6-13)2-3-11/h4-5,14H,2-3H2,1H3. The van der Waals surface area contributed by atoms with E-state index in [9.17, 15) is 5.11 Å². The molecule has 72 valence electrons. The van der Waals surface area contributed by atoms with Crippen molar-refractivity contribution in [2.45, 2.75) is 25.2 Å². The number of aryl methyl sites for hydroxylation is 1. The van der Waals surface area contributed by atoms with Gasteiger partial charge in [-0.15, -0.1) is 0 Å². The second-order valence-electron chi connectivity index (χ2n) is 3.81. The van der Waals surface area contributed by atoms with Crippen LogP contribution in [0.5, 0.6) is 5.75 Å². The molecule has 1 aromatic rings. The molecule has 0 bridgehead atoms. The summed E-state index contributed by atoms with van der Waals surface area (Å²) in [6, 6.07) is 5.98. The first kappa shape index (κ1) is 9.54. The molecular formula is C11H10BrNO. The Balaban J connectivity index is 2.59. The van der Waals surface area contributed by atoms with Crippen LogP contribution < -0.4 is 0 Å². The van der Waals surface area contributed by atoms with Crippen LogP contribution in [-0.2, 0) is 5.41 Å². The third-order valence-corrected chi connectivity index (χ3v) is 3.20. The summed E-state index contributed by atoms with van der Waals surface area (Å²) in [5, 5.41) is 18.9. The Labute approximate surface area is 91.3 Å². The largest absolute Gasteiger partial charge is 0.507 e. The lowest BCUT2D eigenvalue weighted by molar-refractivity contribution is 0.460. The Morgan fingerprint density at radius 2 is 2.14 bits per heavy atom. The van der Waals surface area contributed by atoms with Crippen LogP contribution in [0.3, 0.4) is 0 Å². The fourth-order valence-corrected chi connectivity index (χ4v) is 2.24. The third kappa shape index (κ3) is 1.31. The van der Waals surface area contributed by atoms with Crippen molar-refractivity contribution < 1.29 is 5.11 Å². The fraction of sp³-hybridized carbons (Fsp3) is 0.364. The minimum Gasteiger partial charge on any atom is -0.507 e. The lowest BCUT2D eigenvalue weighted by Crippen LogP contribution is -2.03. The maximum atomic E-state index is 9.86. The van der Waals surface area contributed by atoms with Crippen LogP contribution >= 0.6 is 15.9 Å². The minimum absolute atomic E-state index is 0.271.